The maximum absolute atomic E-state index is 13.4. The molecule has 1 saturated heterocycles. The number of carbonyl (C=O) groups excluding carboxylic acids is 1. The fourth-order valence-corrected chi connectivity index (χ4v) is 5.52. The standard InChI is InChI=1S/C31H30FN5O3.2C4H4O4/c32-22-11-9-21(10-12-22)20-37-26-7-3-2-6-25(26)35-31(37)34-23-13-16-36(17-14-23)18-15-33-30(39)29-19-27(38)24-5-1-4-8-28(24)40-29;2*5-3(6)1-2-4(7)8/h1-12,19,23H,13-18,20H2,(H,33,39)(H,34,35);2*1-2H,(H,5,6)(H,7,8)/b;2-1+;. The number of para-hydroxylation sites is 3. The summed E-state index contributed by atoms with van der Waals surface area (Å²) >= 11 is 0. The third-order valence-corrected chi connectivity index (χ3v) is 8.14. The number of amides is 1. The van der Waals surface area contributed by atoms with Crippen LogP contribution < -0.4 is 16.1 Å². The molecule has 0 atom stereocenters. The molecule has 0 bridgehead atoms. The van der Waals surface area contributed by atoms with Crippen molar-refractivity contribution in [1.82, 2.24) is 19.8 Å². The zero-order valence-corrected chi connectivity index (χ0v) is 29.7. The van der Waals surface area contributed by atoms with Crippen LogP contribution >= 0.6 is 0 Å². The van der Waals surface area contributed by atoms with E-state index in [1.54, 1.807) is 36.4 Å². The number of halogens is 1. The van der Waals surface area contributed by atoms with E-state index in [2.05, 4.69) is 26.2 Å². The van der Waals surface area contributed by atoms with Gasteiger partial charge in [-0.05, 0) is 54.8 Å². The first-order chi connectivity index (χ1) is 26.8. The SMILES string of the molecule is O=C(NCCN1CCC(Nc2nc3ccccc3n2Cc2ccc(F)cc2)CC1)c1cc(=O)c2ccccc2o1.O=C(O)/C=C/C(=O)O.O=C(O)C=CC(=O)O. The van der Waals surface area contributed by atoms with E-state index in [1.807, 2.05) is 18.2 Å². The van der Waals surface area contributed by atoms with Gasteiger partial charge in [0.2, 0.25) is 5.95 Å². The summed E-state index contributed by atoms with van der Waals surface area (Å²) in [5.74, 6) is -4.83. The van der Waals surface area contributed by atoms with Crippen molar-refractivity contribution in [2.45, 2.75) is 25.4 Å². The minimum atomic E-state index is -1.26. The molecule has 17 heteroatoms. The first kappa shape index (κ1) is 41.6. The van der Waals surface area contributed by atoms with Gasteiger partial charge in [-0.2, -0.15) is 0 Å². The lowest BCUT2D eigenvalue weighted by molar-refractivity contribution is -0.134. The van der Waals surface area contributed by atoms with Crippen molar-refractivity contribution >= 4 is 57.7 Å². The van der Waals surface area contributed by atoms with Gasteiger partial charge in [0.25, 0.3) is 5.91 Å². The quantitative estimate of drug-likeness (QED) is 0.0981. The highest BCUT2D eigenvalue weighted by Gasteiger charge is 2.22. The second-order valence-corrected chi connectivity index (χ2v) is 12.1. The minimum absolute atomic E-state index is 0.0233. The van der Waals surface area contributed by atoms with Gasteiger partial charge >= 0.3 is 23.9 Å². The Morgan fingerprint density at radius 1 is 0.804 bits per heavy atom. The van der Waals surface area contributed by atoms with Crippen LogP contribution in [0.1, 0.15) is 29.0 Å². The topological polar surface area (TPSA) is 242 Å². The minimum Gasteiger partial charge on any atom is -0.478 e. The molecule has 0 saturated carbocycles. The van der Waals surface area contributed by atoms with Crippen molar-refractivity contribution in [1.29, 1.82) is 0 Å². The van der Waals surface area contributed by atoms with Crippen LogP contribution in [0.3, 0.4) is 0 Å². The first-order valence-electron chi connectivity index (χ1n) is 17.1. The lowest BCUT2D eigenvalue weighted by Gasteiger charge is -2.32. The van der Waals surface area contributed by atoms with Crippen molar-refractivity contribution < 1.29 is 53.2 Å². The Morgan fingerprint density at radius 3 is 1.98 bits per heavy atom. The monoisotopic (exact) mass is 771 g/mol. The molecule has 1 fully saturated rings. The van der Waals surface area contributed by atoms with E-state index < -0.39 is 23.9 Å². The third-order valence-electron chi connectivity index (χ3n) is 8.14. The number of nitrogens with zero attached hydrogens (tertiary/aromatic N) is 3. The number of hydrogen-bond donors (Lipinski definition) is 6. The average Bonchev–Trinajstić information content (AvgIpc) is 3.51. The molecular weight excluding hydrogens is 733 g/mol. The molecule has 2 aromatic heterocycles. The van der Waals surface area contributed by atoms with Crippen molar-refractivity contribution in [2.75, 3.05) is 31.5 Å². The number of carboxylic acid groups (broad SMARTS) is 4. The summed E-state index contributed by atoms with van der Waals surface area (Å²) in [6, 6.07) is 23.0. The summed E-state index contributed by atoms with van der Waals surface area (Å²) < 4.78 is 21.2. The smallest absolute Gasteiger partial charge is 0.328 e. The van der Waals surface area contributed by atoms with Crippen LogP contribution in [0.25, 0.3) is 22.0 Å². The predicted molar refractivity (Wildman–Crippen MR) is 202 cm³/mol. The summed E-state index contributed by atoms with van der Waals surface area (Å²) in [4.78, 5) is 70.3. The number of anilines is 1. The Balaban J connectivity index is 0.000000366. The molecule has 5 aromatic rings. The lowest BCUT2D eigenvalue weighted by atomic mass is 10.1. The highest BCUT2D eigenvalue weighted by Crippen LogP contribution is 2.24. The van der Waals surface area contributed by atoms with Gasteiger partial charge in [0.1, 0.15) is 11.4 Å². The van der Waals surface area contributed by atoms with Crippen LogP contribution in [0, 0.1) is 5.82 Å². The van der Waals surface area contributed by atoms with E-state index >= 15 is 0 Å². The fourth-order valence-electron chi connectivity index (χ4n) is 5.52. The summed E-state index contributed by atoms with van der Waals surface area (Å²) in [5, 5.41) is 38.2. The Hall–Kier alpha value is -7.14. The molecular formula is C39H38FN5O11. The van der Waals surface area contributed by atoms with Crippen LogP contribution in [0.4, 0.5) is 10.3 Å². The second kappa shape index (κ2) is 20.4. The molecule has 1 aliphatic heterocycles. The number of nitrogens with one attached hydrogen (secondary N) is 2. The van der Waals surface area contributed by atoms with E-state index in [0.29, 0.717) is 54.9 Å². The van der Waals surface area contributed by atoms with Gasteiger partial charge in [0.05, 0.1) is 23.0 Å². The molecule has 3 heterocycles. The van der Waals surface area contributed by atoms with Crippen LogP contribution in [0.5, 0.6) is 0 Å². The number of hydrogen-bond acceptors (Lipinski definition) is 10. The van der Waals surface area contributed by atoms with Crippen LogP contribution in [-0.4, -0.2) is 96.9 Å². The van der Waals surface area contributed by atoms with Crippen molar-refractivity contribution in [3.63, 3.8) is 0 Å². The number of fused-ring (bicyclic) bond motifs is 2. The van der Waals surface area contributed by atoms with Gasteiger partial charge in [-0.1, -0.05) is 36.4 Å². The number of likely N-dealkylation sites (tertiary alicyclic amines) is 1. The zero-order valence-electron chi connectivity index (χ0n) is 29.7. The first-order valence-corrected chi connectivity index (χ1v) is 17.1. The molecule has 16 nitrogen and oxygen atoms in total. The highest BCUT2D eigenvalue weighted by atomic mass is 19.1. The van der Waals surface area contributed by atoms with Gasteiger partial charge in [0.15, 0.2) is 11.2 Å². The van der Waals surface area contributed by atoms with Crippen LogP contribution in [0.2, 0.25) is 0 Å². The number of carboxylic acids is 4. The van der Waals surface area contributed by atoms with E-state index in [0.717, 1.165) is 48.5 Å². The summed E-state index contributed by atoms with van der Waals surface area (Å²) in [6.45, 7) is 3.53. The summed E-state index contributed by atoms with van der Waals surface area (Å²) in [6.07, 6.45) is 4.11. The number of aliphatic carboxylic acids is 4. The van der Waals surface area contributed by atoms with Gasteiger partial charge in [-0.25, -0.2) is 28.6 Å². The Bertz CT molecular complexity index is 2230. The molecule has 0 aliphatic carbocycles. The summed E-state index contributed by atoms with van der Waals surface area (Å²) in [5.41, 5.74) is 3.13. The highest BCUT2D eigenvalue weighted by molar-refractivity contribution is 5.93. The molecule has 292 valence electrons. The largest absolute Gasteiger partial charge is 0.478 e. The molecule has 56 heavy (non-hydrogen) atoms. The molecule has 0 radical (unpaired) electrons. The number of aromatic nitrogens is 2. The van der Waals surface area contributed by atoms with E-state index in [4.69, 9.17) is 29.8 Å². The molecule has 1 amide bonds. The third kappa shape index (κ3) is 13.1. The average molecular weight is 772 g/mol. The van der Waals surface area contributed by atoms with Crippen LogP contribution in [-0.2, 0) is 25.7 Å². The Morgan fingerprint density at radius 2 is 1.38 bits per heavy atom. The predicted octanol–water partition coefficient (Wildman–Crippen LogP) is 4.06. The lowest BCUT2D eigenvalue weighted by Crippen LogP contribution is -2.43. The summed E-state index contributed by atoms with van der Waals surface area (Å²) in [7, 11) is 0. The Labute approximate surface area is 317 Å². The maximum atomic E-state index is 13.4. The van der Waals surface area contributed by atoms with Crippen LogP contribution in [0.15, 0.2) is 112 Å². The molecule has 6 N–H and O–H groups in total. The number of imidazole rings is 1. The van der Waals surface area contributed by atoms with Crippen molar-refractivity contribution in [3.05, 3.63) is 131 Å². The number of benzene rings is 3. The maximum Gasteiger partial charge on any atom is 0.328 e. The van der Waals surface area contributed by atoms with E-state index in [9.17, 15) is 33.2 Å². The molecule has 6 rings (SSSR count). The molecule has 1 aliphatic rings. The number of piperidine rings is 1. The number of rotatable bonds is 12. The molecule has 0 spiro atoms. The normalized spacial score (nSPS) is 13.1. The van der Waals surface area contributed by atoms with Crippen molar-refractivity contribution in [2.24, 2.45) is 0 Å². The van der Waals surface area contributed by atoms with E-state index in [-0.39, 0.29) is 29.0 Å². The Kier molecular flexibility index (Phi) is 15.1. The van der Waals surface area contributed by atoms with Crippen molar-refractivity contribution in [3.8, 4) is 0 Å². The second-order valence-electron chi connectivity index (χ2n) is 12.1. The molecule has 3 aromatic carbocycles. The van der Waals surface area contributed by atoms with Gasteiger partial charge in [0, 0.05) is 62.6 Å². The fraction of sp³-hybridized carbons (Fsp3) is 0.205. The van der Waals surface area contributed by atoms with Gasteiger partial charge < -0.3 is 44.9 Å². The molecule has 0 unspecified atom stereocenters. The van der Waals surface area contributed by atoms with Gasteiger partial charge in [-0.3, -0.25) is 9.59 Å². The van der Waals surface area contributed by atoms with Gasteiger partial charge in [-0.15, -0.1) is 0 Å². The van der Waals surface area contributed by atoms with E-state index in [1.165, 1.54) is 18.2 Å². The number of carbonyl (C=O) groups is 5. The zero-order chi connectivity index (χ0) is 40.6.